The second-order valence-corrected chi connectivity index (χ2v) is 9.98. The first-order chi connectivity index (χ1) is 12.2. The number of para-hydroxylation sites is 2. The second-order valence-electron chi connectivity index (χ2n) is 8.90. The number of nitrogens with one attached hydrogen (secondary N) is 1. The SMILES string of the molecule is CC(C)(C)c1cc2ccc(CC(C)(C)c3nc4ccccc4[nH]3)cc2s1. The van der Waals surface area contributed by atoms with E-state index in [1.807, 2.05) is 17.4 Å². The third kappa shape index (κ3) is 3.16. The Labute approximate surface area is 159 Å². The number of aromatic amines is 1. The lowest BCUT2D eigenvalue weighted by molar-refractivity contribution is 0.494. The molecule has 2 heterocycles. The molecule has 0 aliphatic heterocycles. The van der Waals surface area contributed by atoms with Crippen molar-refractivity contribution in [2.75, 3.05) is 0 Å². The van der Waals surface area contributed by atoms with E-state index in [0.717, 1.165) is 23.3 Å². The molecule has 0 spiro atoms. The van der Waals surface area contributed by atoms with Gasteiger partial charge in [-0.1, -0.05) is 58.9 Å². The number of H-pyrrole nitrogens is 1. The highest BCUT2D eigenvalue weighted by Crippen LogP contribution is 2.36. The third-order valence-corrected chi connectivity index (χ3v) is 6.52. The molecule has 0 aliphatic carbocycles. The Hall–Kier alpha value is -2.13. The predicted octanol–water partition coefficient (Wildman–Crippen LogP) is 6.60. The van der Waals surface area contributed by atoms with Crippen LogP contribution in [-0.2, 0) is 17.3 Å². The highest BCUT2D eigenvalue weighted by molar-refractivity contribution is 7.19. The molecule has 0 unspecified atom stereocenters. The summed E-state index contributed by atoms with van der Waals surface area (Å²) in [4.78, 5) is 9.78. The minimum atomic E-state index is -0.0448. The molecule has 4 aromatic rings. The number of rotatable bonds is 3. The molecule has 2 aromatic carbocycles. The fourth-order valence-corrected chi connectivity index (χ4v) is 4.61. The standard InChI is InChI=1S/C23H26N2S/c1-22(2,3)20-13-16-11-10-15(12-19(16)26-20)14-23(4,5)21-24-17-8-6-7-9-18(17)25-21/h6-13H,14H2,1-5H3,(H,24,25). The number of imidazole rings is 1. The number of benzene rings is 2. The Balaban J connectivity index is 1.66. The molecule has 0 aliphatic rings. The van der Waals surface area contributed by atoms with E-state index in [1.165, 1.54) is 20.5 Å². The van der Waals surface area contributed by atoms with Crippen LogP contribution in [0.3, 0.4) is 0 Å². The number of hydrogen-bond acceptors (Lipinski definition) is 2. The highest BCUT2D eigenvalue weighted by atomic mass is 32.1. The Morgan fingerprint density at radius 2 is 1.73 bits per heavy atom. The Bertz CT molecular complexity index is 1040. The highest BCUT2D eigenvalue weighted by Gasteiger charge is 2.25. The number of nitrogens with zero attached hydrogens (tertiary/aromatic N) is 1. The van der Waals surface area contributed by atoms with Crippen LogP contribution in [0.2, 0.25) is 0 Å². The Morgan fingerprint density at radius 3 is 2.46 bits per heavy atom. The summed E-state index contributed by atoms with van der Waals surface area (Å²) in [5, 5.41) is 1.35. The second kappa shape index (κ2) is 5.95. The monoisotopic (exact) mass is 362 g/mol. The lowest BCUT2D eigenvalue weighted by atomic mass is 9.85. The number of thiophene rings is 1. The average molecular weight is 363 g/mol. The molecule has 0 bridgehead atoms. The minimum absolute atomic E-state index is 0.0448. The maximum atomic E-state index is 4.83. The molecule has 2 aromatic heterocycles. The molecular weight excluding hydrogens is 336 g/mol. The lowest BCUT2D eigenvalue weighted by Crippen LogP contribution is -2.22. The zero-order valence-electron chi connectivity index (χ0n) is 16.2. The van der Waals surface area contributed by atoms with Crippen molar-refractivity contribution in [1.29, 1.82) is 0 Å². The summed E-state index contributed by atoms with van der Waals surface area (Å²) in [6.07, 6.45) is 0.964. The molecule has 3 heteroatoms. The van der Waals surface area contributed by atoms with Crippen LogP contribution in [-0.4, -0.2) is 9.97 Å². The molecule has 0 amide bonds. The summed E-state index contributed by atoms with van der Waals surface area (Å²) in [5.41, 5.74) is 3.68. The van der Waals surface area contributed by atoms with Crippen LogP contribution >= 0.6 is 11.3 Å². The summed E-state index contributed by atoms with van der Waals surface area (Å²) < 4.78 is 1.38. The van der Waals surface area contributed by atoms with Crippen LogP contribution in [0, 0.1) is 0 Å². The van der Waals surface area contributed by atoms with Gasteiger partial charge in [0.2, 0.25) is 0 Å². The van der Waals surface area contributed by atoms with E-state index in [1.54, 1.807) is 0 Å². The largest absolute Gasteiger partial charge is 0.342 e. The van der Waals surface area contributed by atoms with Gasteiger partial charge in [0.15, 0.2) is 0 Å². The summed E-state index contributed by atoms with van der Waals surface area (Å²) in [5.74, 6) is 1.06. The first-order valence-electron chi connectivity index (χ1n) is 9.21. The fourth-order valence-electron chi connectivity index (χ4n) is 3.42. The third-order valence-electron chi connectivity index (χ3n) is 5.00. The number of aromatic nitrogens is 2. The molecule has 0 atom stereocenters. The fraction of sp³-hybridized carbons (Fsp3) is 0.348. The van der Waals surface area contributed by atoms with E-state index < -0.39 is 0 Å². The van der Waals surface area contributed by atoms with Crippen molar-refractivity contribution < 1.29 is 0 Å². The van der Waals surface area contributed by atoms with E-state index in [-0.39, 0.29) is 10.8 Å². The average Bonchev–Trinajstić information content (AvgIpc) is 3.18. The predicted molar refractivity (Wildman–Crippen MR) is 113 cm³/mol. The summed E-state index contributed by atoms with van der Waals surface area (Å²) in [6, 6.07) is 17.5. The number of fused-ring (bicyclic) bond motifs is 2. The van der Waals surface area contributed by atoms with Crippen molar-refractivity contribution in [2.24, 2.45) is 0 Å². The van der Waals surface area contributed by atoms with Gasteiger partial charge in [0.1, 0.15) is 5.82 Å². The quantitative estimate of drug-likeness (QED) is 0.437. The first kappa shape index (κ1) is 17.3. The topological polar surface area (TPSA) is 28.7 Å². The summed E-state index contributed by atoms with van der Waals surface area (Å²) in [7, 11) is 0. The smallest absolute Gasteiger partial charge is 0.113 e. The van der Waals surface area contributed by atoms with E-state index in [9.17, 15) is 0 Å². The van der Waals surface area contributed by atoms with E-state index in [4.69, 9.17) is 4.98 Å². The van der Waals surface area contributed by atoms with Gasteiger partial charge >= 0.3 is 0 Å². The normalized spacial score (nSPS) is 13.0. The molecule has 0 fully saturated rings. The van der Waals surface area contributed by atoms with Gasteiger partial charge in [0.05, 0.1) is 11.0 Å². The van der Waals surface area contributed by atoms with Crippen LogP contribution < -0.4 is 0 Å². The van der Waals surface area contributed by atoms with Crippen LogP contribution in [0.15, 0.2) is 48.5 Å². The Morgan fingerprint density at radius 1 is 0.962 bits per heavy atom. The van der Waals surface area contributed by atoms with E-state index >= 15 is 0 Å². The molecule has 2 nitrogen and oxygen atoms in total. The van der Waals surface area contributed by atoms with Crippen molar-refractivity contribution in [1.82, 2.24) is 9.97 Å². The molecule has 0 saturated carbocycles. The van der Waals surface area contributed by atoms with E-state index in [0.29, 0.717) is 0 Å². The van der Waals surface area contributed by atoms with Crippen molar-refractivity contribution in [2.45, 2.75) is 51.9 Å². The molecule has 134 valence electrons. The van der Waals surface area contributed by atoms with Crippen molar-refractivity contribution in [3.8, 4) is 0 Å². The number of hydrogen-bond donors (Lipinski definition) is 1. The van der Waals surface area contributed by atoms with Crippen LogP contribution in [0.25, 0.3) is 21.1 Å². The van der Waals surface area contributed by atoms with Gasteiger partial charge in [-0.15, -0.1) is 11.3 Å². The Kier molecular flexibility index (Phi) is 3.96. The zero-order chi connectivity index (χ0) is 18.5. The van der Waals surface area contributed by atoms with Crippen LogP contribution in [0.1, 0.15) is 50.9 Å². The van der Waals surface area contributed by atoms with Gasteiger partial charge in [-0.3, -0.25) is 0 Å². The van der Waals surface area contributed by atoms with Gasteiger partial charge in [-0.2, -0.15) is 0 Å². The molecule has 26 heavy (non-hydrogen) atoms. The lowest BCUT2D eigenvalue weighted by Gasteiger charge is -2.22. The van der Waals surface area contributed by atoms with Gasteiger partial charge in [-0.05, 0) is 47.1 Å². The zero-order valence-corrected chi connectivity index (χ0v) is 17.0. The maximum absolute atomic E-state index is 4.83. The maximum Gasteiger partial charge on any atom is 0.113 e. The van der Waals surface area contributed by atoms with Gasteiger partial charge in [0.25, 0.3) is 0 Å². The molecule has 0 saturated heterocycles. The van der Waals surface area contributed by atoms with Crippen LogP contribution in [0.4, 0.5) is 0 Å². The minimum Gasteiger partial charge on any atom is -0.342 e. The molecular formula is C23H26N2S. The van der Waals surface area contributed by atoms with Crippen LogP contribution in [0.5, 0.6) is 0 Å². The molecule has 1 N–H and O–H groups in total. The summed E-state index contributed by atoms with van der Waals surface area (Å²) in [6.45, 7) is 11.4. The first-order valence-corrected chi connectivity index (χ1v) is 10.0. The summed E-state index contributed by atoms with van der Waals surface area (Å²) >= 11 is 1.92. The van der Waals surface area contributed by atoms with Crippen molar-refractivity contribution in [3.05, 3.63) is 64.8 Å². The van der Waals surface area contributed by atoms with Gasteiger partial charge < -0.3 is 4.98 Å². The van der Waals surface area contributed by atoms with E-state index in [2.05, 4.69) is 82.1 Å². The van der Waals surface area contributed by atoms with Crippen molar-refractivity contribution >= 4 is 32.5 Å². The van der Waals surface area contributed by atoms with Gasteiger partial charge in [0, 0.05) is 15.0 Å². The van der Waals surface area contributed by atoms with Crippen molar-refractivity contribution in [3.63, 3.8) is 0 Å². The molecule has 4 rings (SSSR count). The van der Waals surface area contributed by atoms with Gasteiger partial charge in [-0.25, -0.2) is 4.98 Å². The molecule has 0 radical (unpaired) electrons.